The van der Waals surface area contributed by atoms with Gasteiger partial charge in [0.15, 0.2) is 0 Å². The highest BCUT2D eigenvalue weighted by molar-refractivity contribution is 5.77. The van der Waals surface area contributed by atoms with E-state index in [0.29, 0.717) is 6.54 Å². The molecule has 3 rings (SSSR count). The van der Waals surface area contributed by atoms with Gasteiger partial charge >= 0.3 is 5.69 Å². The van der Waals surface area contributed by atoms with Gasteiger partial charge < -0.3 is 4.74 Å². The molecule has 0 saturated heterocycles. The molecule has 0 fully saturated rings. The lowest BCUT2D eigenvalue weighted by molar-refractivity contribution is 0.414. The summed E-state index contributed by atoms with van der Waals surface area (Å²) in [6.07, 6.45) is 0. The van der Waals surface area contributed by atoms with E-state index >= 15 is 0 Å². The van der Waals surface area contributed by atoms with E-state index in [1.165, 1.54) is 0 Å². The van der Waals surface area contributed by atoms with E-state index in [1.807, 2.05) is 56.4 Å². The van der Waals surface area contributed by atoms with E-state index < -0.39 is 0 Å². The Balaban J connectivity index is 2.12. The average molecular weight is 282 g/mol. The van der Waals surface area contributed by atoms with E-state index in [4.69, 9.17) is 4.74 Å². The van der Waals surface area contributed by atoms with E-state index in [2.05, 4.69) is 0 Å². The zero-order valence-corrected chi connectivity index (χ0v) is 12.5. The van der Waals surface area contributed by atoms with Crippen molar-refractivity contribution in [3.05, 3.63) is 64.1 Å². The zero-order valence-electron chi connectivity index (χ0n) is 12.5. The third-order valence-electron chi connectivity index (χ3n) is 3.78. The molecule has 0 aliphatic heterocycles. The summed E-state index contributed by atoms with van der Waals surface area (Å²) >= 11 is 0. The normalized spacial score (nSPS) is 11.0. The maximum atomic E-state index is 12.5. The summed E-state index contributed by atoms with van der Waals surface area (Å²) in [4.78, 5) is 12.5. The summed E-state index contributed by atoms with van der Waals surface area (Å²) in [5.74, 6) is 0.802. The van der Waals surface area contributed by atoms with Crippen molar-refractivity contribution < 1.29 is 4.74 Å². The van der Waals surface area contributed by atoms with Crippen molar-refractivity contribution in [2.24, 2.45) is 7.05 Å². The van der Waals surface area contributed by atoms with Crippen LogP contribution in [0.5, 0.6) is 5.75 Å². The fraction of sp³-hybridized carbons (Fsp3) is 0.235. The number of methoxy groups -OCH3 is 1. The highest BCUT2D eigenvalue weighted by Gasteiger charge is 2.11. The van der Waals surface area contributed by atoms with E-state index in [1.54, 1.807) is 16.2 Å². The highest BCUT2D eigenvalue weighted by atomic mass is 16.5. The molecule has 0 bridgehead atoms. The Hall–Kier alpha value is -2.49. The highest BCUT2D eigenvalue weighted by Crippen LogP contribution is 2.18. The van der Waals surface area contributed by atoms with Gasteiger partial charge in [0.2, 0.25) is 0 Å². The van der Waals surface area contributed by atoms with Gasteiger partial charge in [-0.2, -0.15) is 0 Å². The quantitative estimate of drug-likeness (QED) is 0.740. The van der Waals surface area contributed by atoms with Crippen molar-refractivity contribution in [3.63, 3.8) is 0 Å². The Morgan fingerprint density at radius 1 is 1.10 bits per heavy atom. The molecular formula is C17H18N2O2. The molecule has 0 radical (unpaired) electrons. The van der Waals surface area contributed by atoms with Gasteiger partial charge in [-0.05, 0) is 42.3 Å². The predicted octanol–water partition coefficient (Wildman–Crippen LogP) is 2.71. The molecule has 4 nitrogen and oxygen atoms in total. The molecule has 0 unspecified atom stereocenters. The molecule has 0 aliphatic rings. The van der Waals surface area contributed by atoms with Gasteiger partial charge in [-0.25, -0.2) is 4.79 Å². The van der Waals surface area contributed by atoms with Crippen molar-refractivity contribution in [3.8, 4) is 5.75 Å². The van der Waals surface area contributed by atoms with Crippen LogP contribution < -0.4 is 10.4 Å². The lowest BCUT2D eigenvalue weighted by Gasteiger charge is -2.06. The van der Waals surface area contributed by atoms with Crippen LogP contribution in [-0.2, 0) is 13.6 Å². The number of imidazole rings is 1. The maximum Gasteiger partial charge on any atom is 0.329 e. The Labute approximate surface area is 123 Å². The van der Waals surface area contributed by atoms with Crippen LogP contribution in [0.1, 0.15) is 11.1 Å². The molecule has 1 heterocycles. The maximum absolute atomic E-state index is 12.5. The van der Waals surface area contributed by atoms with Gasteiger partial charge in [-0.3, -0.25) is 9.13 Å². The molecule has 4 heteroatoms. The average Bonchev–Trinajstić information content (AvgIpc) is 2.72. The van der Waals surface area contributed by atoms with Gasteiger partial charge in [-0.1, -0.05) is 18.2 Å². The third-order valence-corrected chi connectivity index (χ3v) is 3.78. The number of hydrogen-bond donors (Lipinski definition) is 0. The summed E-state index contributed by atoms with van der Waals surface area (Å²) in [5.41, 5.74) is 4.11. The van der Waals surface area contributed by atoms with Crippen LogP contribution >= 0.6 is 0 Å². The van der Waals surface area contributed by atoms with Crippen molar-refractivity contribution >= 4 is 11.0 Å². The smallest absolute Gasteiger partial charge is 0.329 e. The van der Waals surface area contributed by atoms with Crippen LogP contribution in [0.4, 0.5) is 0 Å². The van der Waals surface area contributed by atoms with Crippen molar-refractivity contribution in [2.45, 2.75) is 13.5 Å². The second kappa shape index (κ2) is 5.13. The van der Waals surface area contributed by atoms with Crippen LogP contribution in [0.25, 0.3) is 11.0 Å². The van der Waals surface area contributed by atoms with Gasteiger partial charge in [0.1, 0.15) is 5.75 Å². The molecule has 0 aliphatic carbocycles. The molecule has 3 aromatic rings. The molecule has 0 atom stereocenters. The number of rotatable bonds is 3. The number of benzene rings is 2. The van der Waals surface area contributed by atoms with E-state index in [-0.39, 0.29) is 5.69 Å². The van der Waals surface area contributed by atoms with E-state index in [9.17, 15) is 4.79 Å². The number of aryl methyl sites for hydroxylation is 2. The summed E-state index contributed by atoms with van der Waals surface area (Å²) in [6.45, 7) is 2.57. The van der Waals surface area contributed by atoms with Gasteiger partial charge in [0.05, 0.1) is 24.7 Å². The topological polar surface area (TPSA) is 36.2 Å². The lowest BCUT2D eigenvalue weighted by Crippen LogP contribution is -2.22. The minimum atomic E-state index is -0.00146. The predicted molar refractivity (Wildman–Crippen MR) is 84.0 cm³/mol. The summed E-state index contributed by atoms with van der Waals surface area (Å²) in [7, 11) is 3.46. The molecular weight excluding hydrogens is 264 g/mol. The van der Waals surface area contributed by atoms with Crippen LogP contribution in [0.3, 0.4) is 0 Å². The first-order chi connectivity index (χ1) is 10.1. The Kier molecular flexibility index (Phi) is 3.29. The Morgan fingerprint density at radius 2 is 1.90 bits per heavy atom. The Morgan fingerprint density at radius 3 is 2.67 bits per heavy atom. The molecule has 0 amide bonds. The monoisotopic (exact) mass is 282 g/mol. The zero-order chi connectivity index (χ0) is 15.0. The number of hydrogen-bond acceptors (Lipinski definition) is 2. The summed E-state index contributed by atoms with van der Waals surface area (Å²) < 4.78 is 8.73. The Bertz CT molecular complexity index is 859. The molecule has 0 N–H and O–H groups in total. The minimum Gasteiger partial charge on any atom is -0.497 e. The molecule has 108 valence electrons. The first-order valence-electron chi connectivity index (χ1n) is 6.89. The molecule has 1 aromatic heterocycles. The molecule has 0 saturated carbocycles. The largest absolute Gasteiger partial charge is 0.497 e. The van der Waals surface area contributed by atoms with Crippen LogP contribution in [-0.4, -0.2) is 16.2 Å². The molecule has 21 heavy (non-hydrogen) atoms. The van der Waals surface area contributed by atoms with Crippen LogP contribution in [0, 0.1) is 6.92 Å². The first kappa shape index (κ1) is 13.5. The standard InChI is InChI=1S/C17H18N2O2/c1-12-7-8-15-16(9-12)18(2)17(20)19(15)11-13-5-4-6-14(10-13)21-3/h4-10H,11H2,1-3H3. The number of nitrogens with zero attached hydrogens (tertiary/aromatic N) is 2. The number of fused-ring (bicyclic) bond motifs is 1. The van der Waals surface area contributed by atoms with Crippen LogP contribution in [0.15, 0.2) is 47.3 Å². The molecule has 2 aromatic carbocycles. The summed E-state index contributed by atoms with van der Waals surface area (Å²) in [6, 6.07) is 13.9. The summed E-state index contributed by atoms with van der Waals surface area (Å²) in [5, 5.41) is 0. The fourth-order valence-corrected chi connectivity index (χ4v) is 2.62. The second-order valence-electron chi connectivity index (χ2n) is 5.27. The first-order valence-corrected chi connectivity index (χ1v) is 6.89. The van der Waals surface area contributed by atoms with E-state index in [0.717, 1.165) is 27.9 Å². The van der Waals surface area contributed by atoms with Crippen molar-refractivity contribution in [2.75, 3.05) is 7.11 Å². The number of ether oxygens (including phenoxy) is 1. The molecule has 0 spiro atoms. The minimum absolute atomic E-state index is 0.00146. The lowest BCUT2D eigenvalue weighted by atomic mass is 10.2. The number of aromatic nitrogens is 2. The third kappa shape index (κ3) is 2.33. The van der Waals surface area contributed by atoms with Gasteiger partial charge in [-0.15, -0.1) is 0 Å². The van der Waals surface area contributed by atoms with Gasteiger partial charge in [0, 0.05) is 7.05 Å². The second-order valence-corrected chi connectivity index (χ2v) is 5.27. The van der Waals surface area contributed by atoms with Crippen LogP contribution in [0.2, 0.25) is 0 Å². The van der Waals surface area contributed by atoms with Gasteiger partial charge in [0.25, 0.3) is 0 Å². The SMILES string of the molecule is COc1cccc(Cn2c(=O)n(C)c3cc(C)ccc32)c1. The van der Waals surface area contributed by atoms with Crippen molar-refractivity contribution in [1.82, 2.24) is 9.13 Å². The fourth-order valence-electron chi connectivity index (χ4n) is 2.62. The van der Waals surface area contributed by atoms with Crippen molar-refractivity contribution in [1.29, 1.82) is 0 Å².